The molecule has 0 bridgehead atoms. The van der Waals surface area contributed by atoms with Crippen molar-refractivity contribution in [3.8, 4) is 5.75 Å². The van der Waals surface area contributed by atoms with E-state index in [-0.39, 0.29) is 16.3 Å². The van der Waals surface area contributed by atoms with E-state index in [1.54, 1.807) is 37.3 Å². The Bertz CT molecular complexity index is 1240. The number of nitrogens with one attached hydrogen (secondary N) is 1. The van der Waals surface area contributed by atoms with Crippen LogP contribution in [0.3, 0.4) is 0 Å². The summed E-state index contributed by atoms with van der Waals surface area (Å²) in [6.07, 6.45) is 0.742. The van der Waals surface area contributed by atoms with Crippen LogP contribution in [-0.2, 0) is 21.2 Å². The Morgan fingerprint density at radius 1 is 1.03 bits per heavy atom. The average molecular weight is 475 g/mol. The molecule has 0 aliphatic heterocycles. The van der Waals surface area contributed by atoms with E-state index in [4.69, 9.17) is 4.74 Å². The Hall–Kier alpha value is -3.46. The van der Waals surface area contributed by atoms with Gasteiger partial charge in [-0.2, -0.15) is 0 Å². The lowest BCUT2D eigenvalue weighted by molar-refractivity contribution is -0.114. The molecule has 33 heavy (non-hydrogen) atoms. The van der Waals surface area contributed by atoms with E-state index >= 15 is 0 Å². The normalized spacial score (nSPS) is 11.2. The highest BCUT2D eigenvalue weighted by atomic mass is 32.2. The van der Waals surface area contributed by atoms with E-state index in [0.29, 0.717) is 5.56 Å². The third-order valence-electron chi connectivity index (χ3n) is 5.03. The molecule has 9 heteroatoms. The predicted molar refractivity (Wildman–Crippen MR) is 123 cm³/mol. The standard InChI is InChI=1S/C24H24F2N2O4S/c1-4-17-9-11-18(12-10-17)28(15-23(29)27-24-19(25)6-5-7-20(24)26)33(30,31)22-14-16(2)8-13-21(22)32-3/h5-14H,4,15H2,1-3H3,(H,27,29). The molecule has 0 fully saturated rings. The van der Waals surface area contributed by atoms with E-state index in [9.17, 15) is 22.0 Å². The quantitative estimate of drug-likeness (QED) is 0.515. The highest BCUT2D eigenvalue weighted by molar-refractivity contribution is 7.93. The van der Waals surface area contributed by atoms with Crippen LogP contribution in [0.15, 0.2) is 65.6 Å². The maximum atomic E-state index is 14.0. The van der Waals surface area contributed by atoms with Gasteiger partial charge in [-0.15, -0.1) is 0 Å². The van der Waals surface area contributed by atoms with Gasteiger partial charge in [-0.25, -0.2) is 17.2 Å². The summed E-state index contributed by atoms with van der Waals surface area (Å²) in [7, 11) is -2.94. The number of nitrogens with zero attached hydrogens (tertiary/aromatic N) is 1. The second-order valence-corrected chi connectivity index (χ2v) is 9.16. The van der Waals surface area contributed by atoms with Crippen molar-refractivity contribution in [2.24, 2.45) is 0 Å². The van der Waals surface area contributed by atoms with E-state index in [1.807, 2.05) is 6.92 Å². The second kappa shape index (κ2) is 9.99. The maximum Gasteiger partial charge on any atom is 0.268 e. The number of methoxy groups -OCH3 is 1. The van der Waals surface area contributed by atoms with Crippen LogP contribution in [0.5, 0.6) is 5.75 Å². The monoisotopic (exact) mass is 474 g/mol. The topological polar surface area (TPSA) is 75.7 Å². The van der Waals surface area contributed by atoms with Gasteiger partial charge in [-0.05, 0) is 60.9 Å². The fraction of sp³-hybridized carbons (Fsp3) is 0.208. The zero-order valence-corrected chi connectivity index (χ0v) is 19.2. The van der Waals surface area contributed by atoms with E-state index < -0.39 is 39.8 Å². The fourth-order valence-electron chi connectivity index (χ4n) is 3.24. The molecule has 174 valence electrons. The summed E-state index contributed by atoms with van der Waals surface area (Å²) < 4.78 is 61.4. The highest BCUT2D eigenvalue weighted by Crippen LogP contribution is 2.31. The van der Waals surface area contributed by atoms with Crippen LogP contribution >= 0.6 is 0 Å². The third-order valence-corrected chi connectivity index (χ3v) is 6.83. The van der Waals surface area contributed by atoms with Crippen molar-refractivity contribution in [3.05, 3.63) is 83.4 Å². The van der Waals surface area contributed by atoms with Gasteiger partial charge < -0.3 is 10.1 Å². The van der Waals surface area contributed by atoms with Gasteiger partial charge in [0.1, 0.15) is 34.5 Å². The van der Waals surface area contributed by atoms with Crippen LogP contribution in [0.2, 0.25) is 0 Å². The molecule has 0 heterocycles. The SMILES string of the molecule is CCc1ccc(N(CC(=O)Nc2c(F)cccc2F)S(=O)(=O)c2cc(C)ccc2OC)cc1. The van der Waals surface area contributed by atoms with Gasteiger partial charge in [0.05, 0.1) is 12.8 Å². The molecule has 0 aliphatic rings. The maximum absolute atomic E-state index is 14.0. The van der Waals surface area contributed by atoms with Crippen LogP contribution < -0.4 is 14.4 Å². The van der Waals surface area contributed by atoms with Gasteiger partial charge in [-0.1, -0.05) is 31.2 Å². The minimum atomic E-state index is -4.29. The number of rotatable bonds is 8. The molecule has 1 amide bonds. The molecule has 0 spiro atoms. The molecule has 1 N–H and O–H groups in total. The number of aryl methyl sites for hydroxylation is 2. The minimum Gasteiger partial charge on any atom is -0.495 e. The molecule has 0 aliphatic carbocycles. The van der Waals surface area contributed by atoms with Crippen LogP contribution in [-0.4, -0.2) is 28.0 Å². The summed E-state index contributed by atoms with van der Waals surface area (Å²) in [6.45, 7) is 2.97. The van der Waals surface area contributed by atoms with Crippen molar-refractivity contribution < 1.29 is 26.7 Å². The molecule has 0 radical (unpaired) electrons. The van der Waals surface area contributed by atoms with Crippen LogP contribution in [0.1, 0.15) is 18.1 Å². The third kappa shape index (κ3) is 5.31. The smallest absolute Gasteiger partial charge is 0.268 e. The molecule has 0 atom stereocenters. The van der Waals surface area contributed by atoms with Crippen molar-refractivity contribution in [3.63, 3.8) is 0 Å². The summed E-state index contributed by atoms with van der Waals surface area (Å²) in [5, 5.41) is 2.14. The number of benzene rings is 3. The lowest BCUT2D eigenvalue weighted by Crippen LogP contribution is -2.38. The number of sulfonamides is 1. The lowest BCUT2D eigenvalue weighted by atomic mass is 10.1. The number of carbonyl (C=O) groups is 1. The number of carbonyl (C=O) groups excluding carboxylic acids is 1. The summed E-state index contributed by atoms with van der Waals surface area (Å²) in [5.74, 6) is -2.74. The average Bonchev–Trinajstić information content (AvgIpc) is 2.80. The van der Waals surface area contributed by atoms with Crippen molar-refractivity contribution in [2.45, 2.75) is 25.2 Å². The van der Waals surface area contributed by atoms with Crippen molar-refractivity contribution in [1.82, 2.24) is 0 Å². The minimum absolute atomic E-state index is 0.108. The van der Waals surface area contributed by atoms with Crippen LogP contribution in [0.25, 0.3) is 0 Å². The summed E-state index contributed by atoms with van der Waals surface area (Å²) >= 11 is 0. The zero-order valence-electron chi connectivity index (χ0n) is 18.4. The van der Waals surface area contributed by atoms with Gasteiger partial charge >= 0.3 is 0 Å². The van der Waals surface area contributed by atoms with Gasteiger partial charge in [0.15, 0.2) is 0 Å². The summed E-state index contributed by atoms with van der Waals surface area (Å²) in [4.78, 5) is 12.6. The Morgan fingerprint density at radius 2 is 1.67 bits per heavy atom. The zero-order chi connectivity index (χ0) is 24.2. The van der Waals surface area contributed by atoms with Crippen LogP contribution in [0, 0.1) is 18.6 Å². The molecule has 3 rings (SSSR count). The van der Waals surface area contributed by atoms with Gasteiger partial charge in [0.25, 0.3) is 10.0 Å². The van der Waals surface area contributed by atoms with E-state index in [1.165, 1.54) is 19.2 Å². The number of ether oxygens (including phenoxy) is 1. The van der Waals surface area contributed by atoms with Gasteiger partial charge in [0.2, 0.25) is 5.91 Å². The molecule has 0 aromatic heterocycles. The summed E-state index contributed by atoms with van der Waals surface area (Å²) in [5.41, 5.74) is 1.23. The van der Waals surface area contributed by atoms with Gasteiger partial charge in [-0.3, -0.25) is 9.10 Å². The molecule has 3 aromatic carbocycles. The number of hydrogen-bond acceptors (Lipinski definition) is 4. The second-order valence-electron chi connectivity index (χ2n) is 7.33. The first-order valence-corrected chi connectivity index (χ1v) is 11.6. The first kappa shape index (κ1) is 24.2. The number of para-hydroxylation sites is 1. The first-order valence-electron chi connectivity index (χ1n) is 10.2. The van der Waals surface area contributed by atoms with Crippen LogP contribution in [0.4, 0.5) is 20.2 Å². The molecule has 6 nitrogen and oxygen atoms in total. The molecule has 0 saturated heterocycles. The highest BCUT2D eigenvalue weighted by Gasteiger charge is 2.30. The Balaban J connectivity index is 2.04. The molecule has 3 aromatic rings. The molecular formula is C24H24F2N2O4S. The largest absolute Gasteiger partial charge is 0.495 e. The number of anilines is 2. The Labute approximate surface area is 191 Å². The van der Waals surface area contributed by atoms with Crippen molar-refractivity contribution in [1.29, 1.82) is 0 Å². The Kier molecular flexibility index (Phi) is 7.33. The fourth-order valence-corrected chi connectivity index (χ4v) is 4.91. The number of amides is 1. The number of halogens is 2. The van der Waals surface area contributed by atoms with Crippen molar-refractivity contribution >= 4 is 27.3 Å². The van der Waals surface area contributed by atoms with Gasteiger partial charge in [0, 0.05) is 0 Å². The van der Waals surface area contributed by atoms with E-state index in [2.05, 4.69) is 5.32 Å². The Morgan fingerprint density at radius 3 is 2.24 bits per heavy atom. The molecular weight excluding hydrogens is 450 g/mol. The predicted octanol–water partition coefficient (Wildman–Crippen LogP) is 4.68. The number of hydrogen-bond donors (Lipinski definition) is 1. The summed E-state index contributed by atoms with van der Waals surface area (Å²) in [6, 6.07) is 14.5. The lowest BCUT2D eigenvalue weighted by Gasteiger charge is -2.25. The first-order chi connectivity index (χ1) is 15.7. The van der Waals surface area contributed by atoms with Crippen molar-refractivity contribution in [2.75, 3.05) is 23.3 Å². The molecule has 0 saturated carbocycles. The molecule has 0 unspecified atom stereocenters. The van der Waals surface area contributed by atoms with E-state index in [0.717, 1.165) is 34.5 Å².